The second-order valence-electron chi connectivity index (χ2n) is 7.44. The van der Waals surface area contributed by atoms with Crippen LogP contribution in [0.5, 0.6) is 0 Å². The molecule has 27 heavy (non-hydrogen) atoms. The van der Waals surface area contributed by atoms with Crippen LogP contribution in [0.25, 0.3) is 0 Å². The summed E-state index contributed by atoms with van der Waals surface area (Å²) in [6.07, 6.45) is 3.11. The molecule has 0 bridgehead atoms. The van der Waals surface area contributed by atoms with Crippen LogP contribution in [-0.2, 0) is 9.59 Å². The molecule has 1 saturated heterocycles. The number of carbonyl (C=O) groups excluding carboxylic acids is 2. The maximum absolute atomic E-state index is 12.6. The number of thioether (sulfide) groups is 1. The minimum atomic E-state index is -0.0693. The summed E-state index contributed by atoms with van der Waals surface area (Å²) in [4.78, 5) is 26.7. The molecule has 1 unspecified atom stereocenters. The lowest BCUT2D eigenvalue weighted by Crippen LogP contribution is -2.29. The molecule has 1 aliphatic carbocycles. The van der Waals surface area contributed by atoms with Crippen molar-refractivity contribution in [2.45, 2.75) is 38.5 Å². The number of benzene rings is 2. The minimum absolute atomic E-state index is 0.0693. The zero-order valence-electron chi connectivity index (χ0n) is 15.7. The van der Waals surface area contributed by atoms with E-state index in [4.69, 9.17) is 0 Å². The van der Waals surface area contributed by atoms with Crippen molar-refractivity contribution in [1.29, 1.82) is 0 Å². The van der Waals surface area contributed by atoms with E-state index in [1.807, 2.05) is 35.2 Å². The monoisotopic (exact) mass is 380 g/mol. The van der Waals surface area contributed by atoms with Crippen molar-refractivity contribution in [3.63, 3.8) is 0 Å². The van der Waals surface area contributed by atoms with Gasteiger partial charge in [0.25, 0.3) is 0 Å². The summed E-state index contributed by atoms with van der Waals surface area (Å²) in [7, 11) is 0. The number of hydrogen-bond donors (Lipinski definition) is 1. The van der Waals surface area contributed by atoms with E-state index in [-0.39, 0.29) is 23.1 Å². The molecule has 1 heterocycles. The highest BCUT2D eigenvalue weighted by Gasteiger charge is 2.34. The smallest absolute Gasteiger partial charge is 0.238 e. The first-order valence-electron chi connectivity index (χ1n) is 9.44. The van der Waals surface area contributed by atoms with E-state index in [0.29, 0.717) is 5.75 Å². The Morgan fingerprint density at radius 1 is 1.11 bits per heavy atom. The lowest BCUT2D eigenvalue weighted by molar-refractivity contribution is -0.122. The van der Waals surface area contributed by atoms with Crippen LogP contribution in [0.3, 0.4) is 0 Å². The molecule has 2 aromatic carbocycles. The molecule has 1 atom stereocenters. The Kier molecular flexibility index (Phi) is 4.96. The molecule has 1 saturated carbocycles. The zero-order valence-corrected chi connectivity index (χ0v) is 16.5. The van der Waals surface area contributed by atoms with Gasteiger partial charge in [-0.3, -0.25) is 14.5 Å². The van der Waals surface area contributed by atoms with Crippen molar-refractivity contribution in [1.82, 2.24) is 0 Å². The third-order valence-corrected chi connectivity index (χ3v) is 6.76. The molecular weight excluding hydrogens is 356 g/mol. The van der Waals surface area contributed by atoms with Gasteiger partial charge in [0.2, 0.25) is 11.8 Å². The first-order valence-corrected chi connectivity index (χ1v) is 10.5. The quantitative estimate of drug-likeness (QED) is 0.827. The highest BCUT2D eigenvalue weighted by molar-refractivity contribution is 8.00. The van der Waals surface area contributed by atoms with E-state index in [2.05, 4.69) is 31.3 Å². The summed E-state index contributed by atoms with van der Waals surface area (Å²) in [6.45, 7) is 4.14. The van der Waals surface area contributed by atoms with E-state index in [9.17, 15) is 9.59 Å². The number of rotatable bonds is 4. The molecule has 2 aromatic rings. The van der Waals surface area contributed by atoms with Gasteiger partial charge in [0, 0.05) is 17.3 Å². The maximum Gasteiger partial charge on any atom is 0.238 e. The van der Waals surface area contributed by atoms with Crippen molar-refractivity contribution in [2.24, 2.45) is 5.92 Å². The third kappa shape index (κ3) is 3.61. The summed E-state index contributed by atoms with van der Waals surface area (Å²) in [5, 5.41) is 2.97. The maximum atomic E-state index is 12.6. The summed E-state index contributed by atoms with van der Waals surface area (Å²) in [5.41, 5.74) is 5.18. The number of hydrogen-bond acceptors (Lipinski definition) is 3. The highest BCUT2D eigenvalue weighted by Crippen LogP contribution is 2.42. The molecule has 4 rings (SSSR count). The van der Waals surface area contributed by atoms with E-state index in [1.54, 1.807) is 11.8 Å². The second kappa shape index (κ2) is 7.39. The van der Waals surface area contributed by atoms with Gasteiger partial charge in [0.15, 0.2) is 0 Å². The predicted octanol–water partition coefficient (Wildman–Crippen LogP) is 4.82. The van der Waals surface area contributed by atoms with Gasteiger partial charge in [0.1, 0.15) is 5.37 Å². The summed E-state index contributed by atoms with van der Waals surface area (Å²) in [5.74, 6) is 0.857. The van der Waals surface area contributed by atoms with Crippen LogP contribution in [0, 0.1) is 19.8 Å². The third-order valence-electron chi connectivity index (χ3n) is 5.55. The molecule has 2 fully saturated rings. The Morgan fingerprint density at radius 2 is 1.93 bits per heavy atom. The van der Waals surface area contributed by atoms with Crippen LogP contribution in [0.15, 0.2) is 42.5 Å². The van der Waals surface area contributed by atoms with Crippen LogP contribution in [0.2, 0.25) is 0 Å². The van der Waals surface area contributed by atoms with Crippen LogP contribution < -0.4 is 10.2 Å². The average Bonchev–Trinajstić information content (AvgIpc) is 2.97. The largest absolute Gasteiger partial charge is 0.326 e. The summed E-state index contributed by atoms with van der Waals surface area (Å²) < 4.78 is 0. The molecule has 140 valence electrons. The standard InChI is InChI=1S/C22H24N2O2S/c1-14-9-10-19(11-15(14)2)24-20(25)13-27-22(24)17-7-4-8-18(12-17)23-21(26)16-5-3-6-16/h4,7-12,16,22H,3,5-6,13H2,1-2H3,(H,23,26). The molecule has 4 nitrogen and oxygen atoms in total. The first-order chi connectivity index (χ1) is 13.0. The van der Waals surface area contributed by atoms with Gasteiger partial charge in [-0.2, -0.15) is 0 Å². The Bertz CT molecular complexity index is 892. The van der Waals surface area contributed by atoms with E-state index in [0.717, 1.165) is 36.2 Å². The van der Waals surface area contributed by atoms with Crippen molar-refractivity contribution in [3.8, 4) is 0 Å². The molecule has 0 radical (unpaired) electrons. The molecule has 1 N–H and O–H groups in total. The second-order valence-corrected chi connectivity index (χ2v) is 8.51. The van der Waals surface area contributed by atoms with Crippen molar-refractivity contribution >= 4 is 35.0 Å². The fourth-order valence-electron chi connectivity index (χ4n) is 3.51. The summed E-state index contributed by atoms with van der Waals surface area (Å²) >= 11 is 1.63. The van der Waals surface area contributed by atoms with Gasteiger partial charge in [-0.15, -0.1) is 11.8 Å². The van der Waals surface area contributed by atoms with Gasteiger partial charge in [-0.25, -0.2) is 0 Å². The number of aryl methyl sites for hydroxylation is 2. The minimum Gasteiger partial charge on any atom is -0.326 e. The lowest BCUT2D eigenvalue weighted by Gasteiger charge is -2.26. The Hall–Kier alpha value is -2.27. The van der Waals surface area contributed by atoms with E-state index >= 15 is 0 Å². The number of nitrogens with zero attached hydrogens (tertiary/aromatic N) is 1. The summed E-state index contributed by atoms with van der Waals surface area (Å²) in [6, 6.07) is 14.1. The lowest BCUT2D eigenvalue weighted by atomic mass is 9.85. The van der Waals surface area contributed by atoms with Gasteiger partial charge in [-0.1, -0.05) is 24.6 Å². The number of amides is 2. The van der Waals surface area contributed by atoms with Gasteiger partial charge < -0.3 is 5.32 Å². The molecule has 0 spiro atoms. The van der Waals surface area contributed by atoms with Crippen molar-refractivity contribution in [2.75, 3.05) is 16.0 Å². The molecule has 2 amide bonds. The fourth-order valence-corrected chi connectivity index (χ4v) is 4.68. The average molecular weight is 381 g/mol. The Morgan fingerprint density at radius 3 is 2.63 bits per heavy atom. The Labute approximate surface area is 164 Å². The number of nitrogens with one attached hydrogen (secondary N) is 1. The number of anilines is 2. The van der Waals surface area contributed by atoms with Crippen molar-refractivity contribution in [3.05, 3.63) is 59.2 Å². The topological polar surface area (TPSA) is 49.4 Å². The van der Waals surface area contributed by atoms with Gasteiger partial charge in [0.05, 0.1) is 5.75 Å². The van der Waals surface area contributed by atoms with Gasteiger partial charge in [-0.05, 0) is 67.6 Å². The van der Waals surface area contributed by atoms with Crippen LogP contribution >= 0.6 is 11.8 Å². The predicted molar refractivity (Wildman–Crippen MR) is 111 cm³/mol. The molecule has 1 aliphatic heterocycles. The first kappa shape index (κ1) is 18.1. The number of carbonyl (C=O) groups is 2. The van der Waals surface area contributed by atoms with Gasteiger partial charge >= 0.3 is 0 Å². The molecule has 5 heteroatoms. The zero-order chi connectivity index (χ0) is 19.0. The normalized spacial score (nSPS) is 19.9. The molecule has 2 aliphatic rings. The molecular formula is C22H24N2O2S. The van der Waals surface area contributed by atoms with E-state index in [1.165, 1.54) is 11.1 Å². The molecule has 0 aromatic heterocycles. The van der Waals surface area contributed by atoms with E-state index < -0.39 is 0 Å². The highest BCUT2D eigenvalue weighted by atomic mass is 32.2. The van der Waals surface area contributed by atoms with Crippen LogP contribution in [0.4, 0.5) is 11.4 Å². The SMILES string of the molecule is Cc1ccc(N2C(=O)CSC2c2cccc(NC(=O)C3CCC3)c2)cc1C. The fraction of sp³-hybridized carbons (Fsp3) is 0.364. The van der Waals surface area contributed by atoms with Crippen molar-refractivity contribution < 1.29 is 9.59 Å². The van der Waals surface area contributed by atoms with Crippen LogP contribution in [-0.4, -0.2) is 17.6 Å². The van der Waals surface area contributed by atoms with Crippen LogP contribution in [0.1, 0.15) is 41.3 Å². The Balaban J connectivity index is 1.59.